The molecule has 12 heteroatoms. The summed E-state index contributed by atoms with van der Waals surface area (Å²) in [5, 5.41) is 9.73. The van der Waals surface area contributed by atoms with E-state index in [1.165, 1.54) is 19.4 Å². The van der Waals surface area contributed by atoms with Crippen LogP contribution in [0.5, 0.6) is 17.2 Å². The van der Waals surface area contributed by atoms with Crippen LogP contribution in [0.25, 0.3) is 0 Å². The molecule has 3 rings (SSSR count). The summed E-state index contributed by atoms with van der Waals surface area (Å²) < 4.78 is 16.0. The van der Waals surface area contributed by atoms with E-state index in [0.717, 1.165) is 5.56 Å². The third kappa shape index (κ3) is 8.91. The Morgan fingerprint density at radius 3 is 2.41 bits per heavy atom. The molecule has 3 aromatic rings. The summed E-state index contributed by atoms with van der Waals surface area (Å²) in [6, 6.07) is 16.8. The van der Waals surface area contributed by atoms with Gasteiger partial charge in [0, 0.05) is 17.1 Å². The van der Waals surface area contributed by atoms with Gasteiger partial charge in [-0.05, 0) is 54.4 Å². The fraction of sp³-hybridized carbons (Fsp3) is 0.185. The van der Waals surface area contributed by atoms with E-state index in [1.807, 2.05) is 6.07 Å². The second-order valence-corrected chi connectivity index (χ2v) is 8.74. The zero-order chi connectivity index (χ0) is 28.2. The number of ether oxygens (including phenoxy) is 3. The summed E-state index contributed by atoms with van der Waals surface area (Å²) in [6.45, 7) is -0.0793. The monoisotopic (exact) mass is 572 g/mol. The van der Waals surface area contributed by atoms with Gasteiger partial charge in [0.15, 0.2) is 18.1 Å². The van der Waals surface area contributed by atoms with Gasteiger partial charge in [-0.1, -0.05) is 41.4 Å². The lowest BCUT2D eigenvalue weighted by Crippen LogP contribution is -2.38. The summed E-state index contributed by atoms with van der Waals surface area (Å²) in [6.07, 6.45) is 1.78. The number of hydrazone groups is 1. The maximum atomic E-state index is 12.3. The molecule has 0 saturated carbocycles. The van der Waals surface area contributed by atoms with Crippen LogP contribution in [-0.4, -0.2) is 51.3 Å². The topological polar surface area (TPSA) is 127 Å². The van der Waals surface area contributed by atoms with Crippen molar-refractivity contribution in [3.8, 4) is 17.2 Å². The molecule has 0 spiro atoms. The minimum Gasteiger partial charge on any atom is -0.493 e. The van der Waals surface area contributed by atoms with Crippen molar-refractivity contribution in [2.45, 2.75) is 6.42 Å². The molecule has 0 atom stereocenters. The summed E-state index contributed by atoms with van der Waals surface area (Å²) >= 11 is 11.9. The van der Waals surface area contributed by atoms with E-state index in [4.69, 9.17) is 37.4 Å². The Bertz CT molecular complexity index is 1370. The minimum absolute atomic E-state index is 0.228. The molecule has 3 aromatic carbocycles. The molecule has 0 radical (unpaired) electrons. The van der Waals surface area contributed by atoms with Crippen molar-refractivity contribution in [2.75, 3.05) is 32.7 Å². The fourth-order valence-electron chi connectivity index (χ4n) is 3.29. The van der Waals surface area contributed by atoms with Gasteiger partial charge in [-0.25, -0.2) is 5.43 Å². The van der Waals surface area contributed by atoms with E-state index < -0.39 is 17.7 Å². The van der Waals surface area contributed by atoms with Crippen molar-refractivity contribution in [2.24, 2.45) is 5.10 Å². The lowest BCUT2D eigenvalue weighted by atomic mass is 10.1. The lowest BCUT2D eigenvalue weighted by Gasteiger charge is -2.10. The molecule has 0 unspecified atom stereocenters. The van der Waals surface area contributed by atoms with Crippen LogP contribution in [-0.2, 0) is 20.8 Å². The molecule has 0 saturated heterocycles. The summed E-state index contributed by atoms with van der Waals surface area (Å²) in [4.78, 5) is 36.5. The number of methoxy groups -OCH3 is 2. The van der Waals surface area contributed by atoms with Gasteiger partial charge in [-0.3, -0.25) is 14.4 Å². The average molecular weight is 573 g/mol. The fourth-order valence-corrected chi connectivity index (χ4v) is 3.74. The van der Waals surface area contributed by atoms with E-state index in [2.05, 4.69) is 21.2 Å². The molecular formula is C27H26Cl2N4O6. The van der Waals surface area contributed by atoms with Crippen molar-refractivity contribution in [3.05, 3.63) is 81.8 Å². The number of benzene rings is 3. The van der Waals surface area contributed by atoms with Crippen LogP contribution in [0.1, 0.15) is 11.1 Å². The van der Waals surface area contributed by atoms with Crippen molar-refractivity contribution < 1.29 is 28.6 Å². The van der Waals surface area contributed by atoms with Gasteiger partial charge in [0.2, 0.25) is 0 Å². The van der Waals surface area contributed by atoms with Gasteiger partial charge in [0.25, 0.3) is 5.91 Å². The first kappa shape index (κ1) is 29.3. The Labute approximate surface area is 235 Å². The summed E-state index contributed by atoms with van der Waals surface area (Å²) in [7, 11) is 3.08. The van der Waals surface area contributed by atoms with Gasteiger partial charge in [0.1, 0.15) is 5.75 Å². The van der Waals surface area contributed by atoms with E-state index in [9.17, 15) is 14.4 Å². The molecule has 0 aliphatic rings. The van der Waals surface area contributed by atoms with Crippen molar-refractivity contribution >= 4 is 52.8 Å². The van der Waals surface area contributed by atoms with Crippen molar-refractivity contribution in [1.29, 1.82) is 0 Å². The third-order valence-corrected chi connectivity index (χ3v) is 5.75. The molecule has 0 aromatic heterocycles. The zero-order valence-electron chi connectivity index (χ0n) is 21.1. The third-order valence-electron chi connectivity index (χ3n) is 5.21. The highest BCUT2D eigenvalue weighted by Crippen LogP contribution is 2.28. The first-order valence-electron chi connectivity index (χ1n) is 11.6. The SMILES string of the molecule is COc1ccc(CCNC(=O)C(=O)N/N=C\c2ccccc2OCC(=O)Nc2ccc(Cl)cc2Cl)cc1OC. The smallest absolute Gasteiger partial charge is 0.329 e. The number of hydrogen-bond donors (Lipinski definition) is 3. The molecule has 3 N–H and O–H groups in total. The summed E-state index contributed by atoms with van der Waals surface area (Å²) in [5.74, 6) is -0.702. The van der Waals surface area contributed by atoms with Crippen LogP contribution in [0.4, 0.5) is 5.69 Å². The quantitative estimate of drug-likeness (QED) is 0.182. The standard InChI is InChI=1S/C27H26Cl2N4O6/c1-37-23-10-7-17(13-24(23)38-2)11-12-30-26(35)27(36)33-31-15-18-5-3-4-6-22(18)39-16-25(34)32-21-9-8-19(28)14-20(21)29/h3-10,13-15H,11-12,16H2,1-2H3,(H,30,35)(H,32,34)(H,33,36)/b31-15-. The van der Waals surface area contributed by atoms with Gasteiger partial charge in [-0.2, -0.15) is 5.10 Å². The zero-order valence-corrected chi connectivity index (χ0v) is 22.6. The lowest BCUT2D eigenvalue weighted by molar-refractivity contribution is -0.139. The molecule has 3 amide bonds. The van der Waals surface area contributed by atoms with E-state index in [-0.39, 0.29) is 13.2 Å². The molecule has 10 nitrogen and oxygen atoms in total. The number of carbonyl (C=O) groups excluding carboxylic acids is 3. The van der Waals surface area contributed by atoms with Crippen LogP contribution in [0.3, 0.4) is 0 Å². The Morgan fingerprint density at radius 2 is 1.67 bits per heavy atom. The normalized spacial score (nSPS) is 10.6. The number of rotatable bonds is 11. The minimum atomic E-state index is -0.934. The Morgan fingerprint density at radius 1 is 0.897 bits per heavy atom. The first-order valence-corrected chi connectivity index (χ1v) is 12.3. The van der Waals surface area contributed by atoms with Crippen LogP contribution in [0.2, 0.25) is 10.0 Å². The molecule has 0 aliphatic carbocycles. The number of nitrogens with one attached hydrogen (secondary N) is 3. The maximum Gasteiger partial charge on any atom is 0.329 e. The number of halogens is 2. The van der Waals surface area contributed by atoms with Crippen LogP contribution < -0.4 is 30.3 Å². The Balaban J connectivity index is 1.47. The van der Waals surface area contributed by atoms with Gasteiger partial charge in [-0.15, -0.1) is 0 Å². The van der Waals surface area contributed by atoms with Crippen LogP contribution >= 0.6 is 23.2 Å². The predicted octanol–water partition coefficient (Wildman–Crippen LogP) is 3.84. The largest absolute Gasteiger partial charge is 0.493 e. The van der Waals surface area contributed by atoms with Gasteiger partial charge in [0.05, 0.1) is 31.1 Å². The maximum absolute atomic E-state index is 12.3. The number of hydrogen-bond acceptors (Lipinski definition) is 7. The van der Waals surface area contributed by atoms with Gasteiger partial charge >= 0.3 is 11.8 Å². The molecule has 0 bridgehead atoms. The molecule has 0 aliphatic heterocycles. The van der Waals surface area contributed by atoms with E-state index in [1.54, 1.807) is 55.6 Å². The Kier molecular flexibility index (Phi) is 11.0. The number of para-hydroxylation sites is 1. The summed E-state index contributed by atoms with van der Waals surface area (Å²) in [5.41, 5.74) is 3.94. The molecule has 0 fully saturated rings. The number of carbonyl (C=O) groups is 3. The molecule has 39 heavy (non-hydrogen) atoms. The number of amides is 3. The van der Waals surface area contributed by atoms with Crippen LogP contribution in [0.15, 0.2) is 65.8 Å². The highest BCUT2D eigenvalue weighted by molar-refractivity contribution is 6.36. The van der Waals surface area contributed by atoms with Crippen LogP contribution in [0, 0.1) is 0 Å². The second-order valence-electron chi connectivity index (χ2n) is 7.89. The second kappa shape index (κ2) is 14.6. The van der Waals surface area contributed by atoms with Crippen molar-refractivity contribution in [1.82, 2.24) is 10.7 Å². The molecular weight excluding hydrogens is 547 g/mol. The first-order chi connectivity index (χ1) is 18.8. The van der Waals surface area contributed by atoms with E-state index >= 15 is 0 Å². The number of anilines is 1. The molecule has 0 heterocycles. The predicted molar refractivity (Wildman–Crippen MR) is 149 cm³/mol. The van der Waals surface area contributed by atoms with E-state index in [0.29, 0.717) is 45.0 Å². The Hall–Kier alpha value is -4.28. The average Bonchev–Trinajstić information content (AvgIpc) is 2.93. The molecule has 204 valence electrons. The highest BCUT2D eigenvalue weighted by Gasteiger charge is 2.13. The van der Waals surface area contributed by atoms with Gasteiger partial charge < -0.3 is 24.8 Å². The highest BCUT2D eigenvalue weighted by atomic mass is 35.5. The van der Waals surface area contributed by atoms with Crippen molar-refractivity contribution in [3.63, 3.8) is 0 Å². The number of nitrogens with zero attached hydrogens (tertiary/aromatic N) is 1.